The van der Waals surface area contributed by atoms with Crippen molar-refractivity contribution in [3.8, 4) is 0 Å². The zero-order valence-corrected chi connectivity index (χ0v) is 14.8. The van der Waals surface area contributed by atoms with Gasteiger partial charge in [0.2, 0.25) is 0 Å². The molecule has 2 aromatic carbocycles. The van der Waals surface area contributed by atoms with E-state index in [1.165, 1.54) is 24.3 Å². The first-order valence-corrected chi connectivity index (χ1v) is 9.06. The number of rotatable bonds is 4. The fraction of sp³-hybridized carbons (Fsp3) is 0.300. The lowest BCUT2D eigenvalue weighted by Gasteiger charge is -2.31. The molecule has 4 rings (SSSR count). The van der Waals surface area contributed by atoms with Gasteiger partial charge in [0.15, 0.2) is 5.82 Å². The van der Waals surface area contributed by atoms with Gasteiger partial charge in [-0.15, -0.1) is 10.2 Å². The molecule has 0 bridgehead atoms. The van der Waals surface area contributed by atoms with Gasteiger partial charge < -0.3 is 4.90 Å². The largest absolute Gasteiger partial charge is 0.336 e. The summed E-state index contributed by atoms with van der Waals surface area (Å²) in [6.07, 6.45) is 2.40. The summed E-state index contributed by atoms with van der Waals surface area (Å²) in [7, 11) is 0. The molecular formula is C20H20FN5O. The molecule has 0 radical (unpaired) electrons. The number of hydrogen-bond acceptors (Lipinski definition) is 4. The van der Waals surface area contributed by atoms with E-state index in [2.05, 4.69) is 15.4 Å². The summed E-state index contributed by atoms with van der Waals surface area (Å²) >= 11 is 0. The Hall–Kier alpha value is -3.09. The lowest BCUT2D eigenvalue weighted by molar-refractivity contribution is 0.0663. The van der Waals surface area contributed by atoms with Gasteiger partial charge in [0.25, 0.3) is 5.91 Å². The lowest BCUT2D eigenvalue weighted by atomic mass is 10.0. The highest BCUT2D eigenvalue weighted by molar-refractivity contribution is 5.94. The van der Waals surface area contributed by atoms with Crippen molar-refractivity contribution < 1.29 is 9.18 Å². The van der Waals surface area contributed by atoms with Crippen LogP contribution in [0.1, 0.15) is 40.6 Å². The van der Waals surface area contributed by atoms with Gasteiger partial charge in [0, 0.05) is 25.1 Å². The Labute approximate surface area is 156 Å². The summed E-state index contributed by atoms with van der Waals surface area (Å²) in [6, 6.07) is 15.7. The van der Waals surface area contributed by atoms with Crippen molar-refractivity contribution >= 4 is 5.91 Å². The van der Waals surface area contributed by atoms with Crippen molar-refractivity contribution in [1.82, 2.24) is 25.1 Å². The normalized spacial score (nSPS) is 17.1. The molecular weight excluding hydrogens is 345 g/mol. The summed E-state index contributed by atoms with van der Waals surface area (Å²) < 4.78 is 13.1. The first-order valence-electron chi connectivity index (χ1n) is 9.06. The Kier molecular flexibility index (Phi) is 4.91. The van der Waals surface area contributed by atoms with Crippen LogP contribution in [0.25, 0.3) is 0 Å². The molecule has 7 heteroatoms. The van der Waals surface area contributed by atoms with E-state index >= 15 is 0 Å². The average molecular weight is 365 g/mol. The van der Waals surface area contributed by atoms with Crippen LogP contribution in [-0.2, 0) is 6.42 Å². The van der Waals surface area contributed by atoms with Crippen LogP contribution in [0.4, 0.5) is 4.39 Å². The van der Waals surface area contributed by atoms with Crippen LogP contribution >= 0.6 is 0 Å². The number of tetrazole rings is 1. The third-order valence-corrected chi connectivity index (χ3v) is 4.78. The van der Waals surface area contributed by atoms with E-state index in [1.807, 2.05) is 30.3 Å². The van der Waals surface area contributed by atoms with E-state index in [0.717, 1.165) is 18.4 Å². The first kappa shape index (κ1) is 17.3. The second-order valence-electron chi connectivity index (χ2n) is 6.74. The van der Waals surface area contributed by atoms with E-state index in [4.69, 9.17) is 0 Å². The Morgan fingerprint density at radius 2 is 1.89 bits per heavy atom. The second-order valence-corrected chi connectivity index (χ2v) is 6.74. The maximum absolute atomic E-state index is 13.1. The zero-order valence-electron chi connectivity index (χ0n) is 14.8. The second kappa shape index (κ2) is 7.65. The molecule has 0 spiro atoms. The SMILES string of the molecule is O=C(c1ccc(F)cc1)N1CCCC(n2nnc(Cc3ccccc3)n2)C1. The quantitative estimate of drug-likeness (QED) is 0.713. The third-order valence-electron chi connectivity index (χ3n) is 4.78. The minimum atomic E-state index is -0.346. The van der Waals surface area contributed by atoms with Crippen LogP contribution < -0.4 is 0 Å². The maximum Gasteiger partial charge on any atom is 0.253 e. The number of likely N-dealkylation sites (tertiary alicyclic amines) is 1. The number of halogens is 1. The minimum absolute atomic E-state index is 0.000159. The minimum Gasteiger partial charge on any atom is -0.336 e. The smallest absolute Gasteiger partial charge is 0.253 e. The summed E-state index contributed by atoms with van der Waals surface area (Å²) in [5.74, 6) is 0.230. The average Bonchev–Trinajstić information content (AvgIpc) is 3.17. The molecule has 1 unspecified atom stereocenters. The van der Waals surface area contributed by atoms with Crippen LogP contribution in [0.3, 0.4) is 0 Å². The maximum atomic E-state index is 13.1. The Balaban J connectivity index is 1.44. The molecule has 1 aliphatic rings. The van der Waals surface area contributed by atoms with Gasteiger partial charge in [-0.2, -0.15) is 4.80 Å². The number of benzene rings is 2. The summed E-state index contributed by atoms with van der Waals surface area (Å²) in [5.41, 5.74) is 1.63. The van der Waals surface area contributed by atoms with Gasteiger partial charge in [0.1, 0.15) is 5.82 Å². The molecule has 1 aliphatic heterocycles. The number of amides is 1. The summed E-state index contributed by atoms with van der Waals surface area (Å²) in [5, 5.41) is 12.9. The molecule has 6 nitrogen and oxygen atoms in total. The van der Waals surface area contributed by atoms with Gasteiger partial charge in [-0.3, -0.25) is 4.79 Å². The van der Waals surface area contributed by atoms with Gasteiger partial charge in [-0.25, -0.2) is 4.39 Å². The number of carbonyl (C=O) groups excluding carboxylic acids is 1. The summed E-state index contributed by atoms with van der Waals surface area (Å²) in [6.45, 7) is 1.20. The molecule has 1 atom stereocenters. The van der Waals surface area contributed by atoms with E-state index < -0.39 is 0 Å². The fourth-order valence-corrected chi connectivity index (χ4v) is 3.36. The van der Waals surface area contributed by atoms with Crippen LogP contribution in [0, 0.1) is 5.82 Å². The molecule has 2 heterocycles. The highest BCUT2D eigenvalue weighted by Gasteiger charge is 2.27. The van der Waals surface area contributed by atoms with Gasteiger partial charge in [-0.1, -0.05) is 30.3 Å². The number of hydrogen-bond donors (Lipinski definition) is 0. The number of aromatic nitrogens is 4. The third kappa shape index (κ3) is 4.02. The molecule has 27 heavy (non-hydrogen) atoms. The first-order chi connectivity index (χ1) is 13.2. The lowest BCUT2D eigenvalue weighted by Crippen LogP contribution is -2.41. The molecule has 1 fully saturated rings. The van der Waals surface area contributed by atoms with Crippen molar-refractivity contribution in [1.29, 1.82) is 0 Å². The van der Waals surface area contributed by atoms with Gasteiger partial charge in [0.05, 0.1) is 6.04 Å². The van der Waals surface area contributed by atoms with Crippen LogP contribution in [0.15, 0.2) is 54.6 Å². The highest BCUT2D eigenvalue weighted by atomic mass is 19.1. The van der Waals surface area contributed by atoms with E-state index in [9.17, 15) is 9.18 Å². The van der Waals surface area contributed by atoms with E-state index in [-0.39, 0.29) is 17.8 Å². The zero-order chi connectivity index (χ0) is 18.6. The van der Waals surface area contributed by atoms with Crippen molar-refractivity contribution in [2.45, 2.75) is 25.3 Å². The summed E-state index contributed by atoms with van der Waals surface area (Å²) in [4.78, 5) is 16.1. The monoisotopic (exact) mass is 365 g/mol. The number of nitrogens with zero attached hydrogens (tertiary/aromatic N) is 5. The molecule has 1 saturated heterocycles. The highest BCUT2D eigenvalue weighted by Crippen LogP contribution is 2.22. The fourth-order valence-electron chi connectivity index (χ4n) is 3.36. The van der Waals surface area contributed by atoms with E-state index in [1.54, 1.807) is 9.70 Å². The predicted octanol–water partition coefficient (Wildman–Crippen LogP) is 2.88. The van der Waals surface area contributed by atoms with Crippen molar-refractivity contribution in [2.75, 3.05) is 13.1 Å². The standard InChI is InChI=1S/C20H20FN5O/c21-17-10-8-16(9-11-17)20(27)25-12-4-7-18(14-25)26-23-19(22-24-26)13-15-5-2-1-3-6-15/h1-3,5-6,8-11,18H,4,7,12-14H2. The number of carbonyl (C=O) groups is 1. The van der Waals surface area contributed by atoms with Crippen LogP contribution in [0.5, 0.6) is 0 Å². The Morgan fingerprint density at radius 1 is 1.11 bits per heavy atom. The van der Waals surface area contributed by atoms with Crippen LogP contribution in [-0.4, -0.2) is 44.1 Å². The number of piperidine rings is 1. The molecule has 1 amide bonds. The van der Waals surface area contributed by atoms with Crippen molar-refractivity contribution in [2.24, 2.45) is 0 Å². The molecule has 0 aliphatic carbocycles. The van der Waals surface area contributed by atoms with Crippen molar-refractivity contribution in [3.05, 3.63) is 77.4 Å². The molecule has 138 valence electrons. The molecule has 3 aromatic rings. The molecule has 0 saturated carbocycles. The predicted molar refractivity (Wildman–Crippen MR) is 97.6 cm³/mol. The van der Waals surface area contributed by atoms with E-state index in [0.29, 0.717) is 30.9 Å². The topological polar surface area (TPSA) is 63.9 Å². The Morgan fingerprint density at radius 3 is 2.67 bits per heavy atom. The van der Waals surface area contributed by atoms with Gasteiger partial charge >= 0.3 is 0 Å². The molecule has 1 aromatic heterocycles. The Bertz CT molecular complexity index is 910. The van der Waals surface area contributed by atoms with Crippen LogP contribution in [0.2, 0.25) is 0 Å². The molecule has 0 N–H and O–H groups in total. The van der Waals surface area contributed by atoms with Gasteiger partial charge in [-0.05, 0) is 47.9 Å². The van der Waals surface area contributed by atoms with Crippen molar-refractivity contribution in [3.63, 3.8) is 0 Å².